The van der Waals surface area contributed by atoms with E-state index in [0.717, 1.165) is 24.8 Å². The lowest BCUT2D eigenvalue weighted by molar-refractivity contribution is -0.384. The molecule has 0 heterocycles. The molecular weight excluding hydrogens is 422 g/mol. The number of hydrogen-bond acceptors (Lipinski definition) is 6. The number of ether oxygens (including phenoxy) is 2. The molecular formula is C25H27N3O5. The summed E-state index contributed by atoms with van der Waals surface area (Å²) in [5, 5.41) is 23.3. The molecule has 2 aromatic carbocycles. The smallest absolute Gasteiger partial charge is 0.269 e. The van der Waals surface area contributed by atoms with Gasteiger partial charge in [-0.1, -0.05) is 25.8 Å². The zero-order valence-corrected chi connectivity index (χ0v) is 18.7. The molecule has 1 fully saturated rings. The molecule has 2 atom stereocenters. The Morgan fingerprint density at radius 1 is 1.21 bits per heavy atom. The molecule has 1 saturated carbocycles. The van der Waals surface area contributed by atoms with Crippen LogP contribution in [0.5, 0.6) is 11.5 Å². The number of benzene rings is 2. The summed E-state index contributed by atoms with van der Waals surface area (Å²) in [4.78, 5) is 23.0. The highest BCUT2D eigenvalue weighted by molar-refractivity contribution is 6.01. The van der Waals surface area contributed by atoms with Gasteiger partial charge in [0.05, 0.1) is 12.0 Å². The summed E-state index contributed by atoms with van der Waals surface area (Å²) in [5.41, 5.74) is 1.46. The number of hydrogen-bond donors (Lipinski definition) is 1. The number of non-ortho nitro benzene ring substituents is 1. The molecule has 0 radical (unpaired) electrons. The van der Waals surface area contributed by atoms with E-state index in [1.165, 1.54) is 31.7 Å². The predicted molar refractivity (Wildman–Crippen MR) is 124 cm³/mol. The van der Waals surface area contributed by atoms with Crippen LogP contribution in [0.3, 0.4) is 0 Å². The molecule has 8 heteroatoms. The number of nitro benzene ring substituents is 1. The van der Waals surface area contributed by atoms with Gasteiger partial charge >= 0.3 is 0 Å². The van der Waals surface area contributed by atoms with Crippen molar-refractivity contribution in [3.63, 3.8) is 0 Å². The van der Waals surface area contributed by atoms with Crippen LogP contribution in [0.2, 0.25) is 0 Å². The van der Waals surface area contributed by atoms with E-state index < -0.39 is 4.92 Å². The predicted octanol–water partition coefficient (Wildman–Crippen LogP) is 4.78. The van der Waals surface area contributed by atoms with E-state index in [4.69, 9.17) is 9.47 Å². The zero-order valence-electron chi connectivity index (χ0n) is 18.7. The van der Waals surface area contributed by atoms with E-state index in [1.807, 2.05) is 6.07 Å². The lowest BCUT2D eigenvalue weighted by Crippen LogP contribution is -2.41. The van der Waals surface area contributed by atoms with Crippen molar-refractivity contribution in [3.8, 4) is 17.6 Å². The molecule has 0 bridgehead atoms. The van der Waals surface area contributed by atoms with Crippen LogP contribution in [-0.2, 0) is 11.4 Å². The van der Waals surface area contributed by atoms with Crippen LogP contribution in [-0.4, -0.2) is 24.0 Å². The van der Waals surface area contributed by atoms with Crippen LogP contribution < -0.4 is 14.8 Å². The van der Waals surface area contributed by atoms with Gasteiger partial charge in [0.2, 0.25) is 0 Å². The van der Waals surface area contributed by atoms with Gasteiger partial charge in [-0.25, -0.2) is 0 Å². The third-order valence-electron chi connectivity index (χ3n) is 5.83. The Hall–Kier alpha value is -3.86. The number of nitrogens with one attached hydrogen (secondary N) is 1. The maximum atomic E-state index is 12.6. The lowest BCUT2D eigenvalue weighted by Gasteiger charge is -2.29. The van der Waals surface area contributed by atoms with Crippen molar-refractivity contribution in [1.82, 2.24) is 5.32 Å². The Bertz CT molecular complexity index is 1070. The minimum absolute atomic E-state index is 0.0164. The molecule has 1 aliphatic carbocycles. The first kappa shape index (κ1) is 23.8. The van der Waals surface area contributed by atoms with E-state index in [1.54, 1.807) is 30.3 Å². The Labute approximate surface area is 193 Å². The van der Waals surface area contributed by atoms with Crippen LogP contribution >= 0.6 is 0 Å². The van der Waals surface area contributed by atoms with E-state index in [0.29, 0.717) is 23.0 Å². The normalized spacial score (nSPS) is 18.2. The Morgan fingerprint density at radius 3 is 2.58 bits per heavy atom. The van der Waals surface area contributed by atoms with E-state index >= 15 is 0 Å². The van der Waals surface area contributed by atoms with E-state index in [-0.39, 0.29) is 29.8 Å². The standard InChI is InChI=1S/C25H27N3O5/c1-17-5-3-4-6-22(17)27-25(29)20(15-26)13-19-9-12-23(24(14-19)32-2)33-16-18-7-10-21(11-8-18)28(30)31/h7-14,17,22H,3-6,16H2,1-2H3,(H,27,29)/b20-13+/t17-,22+/m0/s1. The fraction of sp³-hybridized carbons (Fsp3) is 0.360. The Kier molecular flexibility index (Phi) is 8.03. The van der Waals surface area contributed by atoms with Crippen LogP contribution in [0.15, 0.2) is 48.0 Å². The van der Waals surface area contributed by atoms with Crippen molar-refractivity contribution in [3.05, 3.63) is 69.3 Å². The first-order valence-electron chi connectivity index (χ1n) is 10.9. The van der Waals surface area contributed by atoms with Gasteiger partial charge in [-0.3, -0.25) is 14.9 Å². The highest BCUT2D eigenvalue weighted by Crippen LogP contribution is 2.30. The molecule has 172 valence electrons. The quantitative estimate of drug-likeness (QED) is 0.268. The Morgan fingerprint density at radius 2 is 1.94 bits per heavy atom. The number of methoxy groups -OCH3 is 1. The number of nitrogens with zero attached hydrogens (tertiary/aromatic N) is 2. The molecule has 3 rings (SSSR count). The minimum atomic E-state index is -0.453. The molecule has 2 aromatic rings. The van der Waals surface area contributed by atoms with E-state index in [2.05, 4.69) is 12.2 Å². The molecule has 1 aliphatic rings. The lowest BCUT2D eigenvalue weighted by atomic mass is 9.86. The maximum Gasteiger partial charge on any atom is 0.269 e. The third-order valence-corrected chi connectivity index (χ3v) is 5.83. The molecule has 0 spiro atoms. The highest BCUT2D eigenvalue weighted by atomic mass is 16.6. The molecule has 33 heavy (non-hydrogen) atoms. The number of carbonyl (C=O) groups is 1. The van der Waals surface area contributed by atoms with Crippen molar-refractivity contribution in [2.45, 2.75) is 45.3 Å². The summed E-state index contributed by atoms with van der Waals surface area (Å²) in [6, 6.07) is 13.3. The summed E-state index contributed by atoms with van der Waals surface area (Å²) in [6.45, 7) is 2.33. The Balaban J connectivity index is 1.69. The molecule has 1 amide bonds. The summed E-state index contributed by atoms with van der Waals surface area (Å²) >= 11 is 0. The van der Waals surface area contributed by atoms with Gasteiger partial charge in [0.1, 0.15) is 18.2 Å². The summed E-state index contributed by atoms with van der Waals surface area (Å²) in [5.74, 6) is 0.958. The number of rotatable bonds is 8. The van der Waals surface area contributed by atoms with Gasteiger partial charge in [-0.2, -0.15) is 5.26 Å². The molecule has 0 unspecified atom stereocenters. The first-order chi connectivity index (χ1) is 15.9. The third kappa shape index (κ3) is 6.32. The number of nitro groups is 1. The van der Waals surface area contributed by atoms with Crippen LogP contribution in [0.1, 0.15) is 43.7 Å². The van der Waals surface area contributed by atoms with Gasteiger partial charge in [0, 0.05) is 18.2 Å². The second-order valence-electron chi connectivity index (χ2n) is 8.13. The van der Waals surface area contributed by atoms with Crippen LogP contribution in [0.4, 0.5) is 5.69 Å². The van der Waals surface area contributed by atoms with Gasteiger partial charge in [0.15, 0.2) is 11.5 Å². The topological polar surface area (TPSA) is 114 Å². The van der Waals surface area contributed by atoms with Gasteiger partial charge in [-0.05, 0) is 60.2 Å². The van der Waals surface area contributed by atoms with Crippen molar-refractivity contribution >= 4 is 17.7 Å². The number of carbonyl (C=O) groups excluding carboxylic acids is 1. The minimum Gasteiger partial charge on any atom is -0.493 e. The van der Waals surface area contributed by atoms with Crippen molar-refractivity contribution in [2.24, 2.45) is 5.92 Å². The van der Waals surface area contributed by atoms with Gasteiger partial charge in [0.25, 0.3) is 11.6 Å². The summed E-state index contributed by atoms with van der Waals surface area (Å²) in [6.07, 6.45) is 5.80. The van der Waals surface area contributed by atoms with Crippen molar-refractivity contribution in [2.75, 3.05) is 7.11 Å². The summed E-state index contributed by atoms with van der Waals surface area (Å²) in [7, 11) is 1.50. The largest absolute Gasteiger partial charge is 0.493 e. The molecule has 0 saturated heterocycles. The van der Waals surface area contributed by atoms with Crippen molar-refractivity contribution < 1.29 is 19.2 Å². The van der Waals surface area contributed by atoms with Gasteiger partial charge in [-0.15, -0.1) is 0 Å². The van der Waals surface area contributed by atoms with Gasteiger partial charge < -0.3 is 14.8 Å². The fourth-order valence-corrected chi connectivity index (χ4v) is 3.86. The average Bonchev–Trinajstić information content (AvgIpc) is 2.83. The van der Waals surface area contributed by atoms with Crippen LogP contribution in [0, 0.1) is 27.4 Å². The van der Waals surface area contributed by atoms with Crippen LogP contribution in [0.25, 0.3) is 6.08 Å². The molecule has 0 aliphatic heterocycles. The SMILES string of the molecule is COc1cc(/C=C(\C#N)C(=O)N[C@@H]2CCCC[C@@H]2C)ccc1OCc1ccc([N+](=O)[O-])cc1. The highest BCUT2D eigenvalue weighted by Gasteiger charge is 2.24. The average molecular weight is 450 g/mol. The monoisotopic (exact) mass is 449 g/mol. The second-order valence-corrected chi connectivity index (χ2v) is 8.13. The molecule has 0 aromatic heterocycles. The number of amides is 1. The molecule has 1 N–H and O–H groups in total. The second kappa shape index (κ2) is 11.1. The zero-order chi connectivity index (χ0) is 23.8. The number of nitriles is 1. The van der Waals surface area contributed by atoms with Crippen molar-refractivity contribution in [1.29, 1.82) is 5.26 Å². The first-order valence-corrected chi connectivity index (χ1v) is 10.9. The fourth-order valence-electron chi connectivity index (χ4n) is 3.86. The molecule has 8 nitrogen and oxygen atoms in total. The van der Waals surface area contributed by atoms with E-state index in [9.17, 15) is 20.2 Å². The summed E-state index contributed by atoms with van der Waals surface area (Å²) < 4.78 is 11.2. The maximum absolute atomic E-state index is 12.6.